The maximum absolute atomic E-state index is 13.3. The van der Waals surface area contributed by atoms with Crippen molar-refractivity contribution in [3.63, 3.8) is 0 Å². The summed E-state index contributed by atoms with van der Waals surface area (Å²) in [6.45, 7) is 3.26. The van der Waals surface area contributed by atoms with Gasteiger partial charge in [0.05, 0.1) is 5.69 Å². The van der Waals surface area contributed by atoms with Crippen molar-refractivity contribution in [1.82, 2.24) is 14.8 Å². The average molecular weight is 384 g/mol. The maximum Gasteiger partial charge on any atom is 0.249 e. The van der Waals surface area contributed by atoms with Gasteiger partial charge < -0.3 is 14.8 Å². The number of aromatic nitrogens is 1. The SMILES string of the molecule is CC1CCC(NC(=O)[C@@H]2c3cccn3CC(=O)N2CCC2=CCCCC2)CC1. The van der Waals surface area contributed by atoms with E-state index in [9.17, 15) is 9.59 Å². The number of fused-ring (bicyclic) bond motifs is 1. The van der Waals surface area contributed by atoms with Crippen molar-refractivity contribution in [1.29, 1.82) is 0 Å². The maximum atomic E-state index is 13.3. The van der Waals surface area contributed by atoms with Gasteiger partial charge in [-0.05, 0) is 75.8 Å². The Labute approximate surface area is 168 Å². The fourth-order valence-electron chi connectivity index (χ4n) is 4.97. The van der Waals surface area contributed by atoms with Gasteiger partial charge in [0, 0.05) is 18.8 Å². The van der Waals surface area contributed by atoms with E-state index in [0.29, 0.717) is 13.1 Å². The third-order valence-electron chi connectivity index (χ3n) is 6.75. The minimum atomic E-state index is -0.500. The first kappa shape index (κ1) is 19.3. The van der Waals surface area contributed by atoms with Gasteiger partial charge in [0.15, 0.2) is 6.04 Å². The first-order chi connectivity index (χ1) is 13.6. The summed E-state index contributed by atoms with van der Waals surface area (Å²) in [5.74, 6) is 0.796. The molecule has 1 N–H and O–H groups in total. The lowest BCUT2D eigenvalue weighted by atomic mass is 9.87. The molecule has 152 valence electrons. The first-order valence-corrected chi connectivity index (χ1v) is 11.0. The van der Waals surface area contributed by atoms with E-state index < -0.39 is 6.04 Å². The van der Waals surface area contributed by atoms with E-state index in [1.54, 1.807) is 0 Å². The highest BCUT2D eigenvalue weighted by Crippen LogP contribution is 2.30. The van der Waals surface area contributed by atoms with Crippen molar-refractivity contribution in [2.24, 2.45) is 5.92 Å². The molecular formula is C23H33N3O2. The predicted octanol–water partition coefficient (Wildman–Crippen LogP) is 3.96. The molecule has 1 aliphatic heterocycles. The summed E-state index contributed by atoms with van der Waals surface area (Å²) in [6, 6.07) is 3.68. The molecule has 28 heavy (non-hydrogen) atoms. The number of nitrogens with zero attached hydrogens (tertiary/aromatic N) is 2. The second kappa shape index (κ2) is 8.54. The van der Waals surface area contributed by atoms with Crippen LogP contribution >= 0.6 is 0 Å². The molecule has 1 fully saturated rings. The van der Waals surface area contributed by atoms with E-state index in [0.717, 1.165) is 43.7 Å². The number of carbonyl (C=O) groups excluding carboxylic acids is 2. The van der Waals surface area contributed by atoms with Gasteiger partial charge in [-0.15, -0.1) is 0 Å². The lowest BCUT2D eigenvalue weighted by molar-refractivity contribution is -0.144. The summed E-state index contributed by atoms with van der Waals surface area (Å²) < 4.78 is 1.94. The number of rotatable bonds is 5. The Morgan fingerprint density at radius 2 is 2.04 bits per heavy atom. The summed E-state index contributed by atoms with van der Waals surface area (Å²) in [5.41, 5.74) is 2.39. The second-order valence-electron chi connectivity index (χ2n) is 8.87. The smallest absolute Gasteiger partial charge is 0.249 e. The monoisotopic (exact) mass is 383 g/mol. The average Bonchev–Trinajstić information content (AvgIpc) is 3.16. The second-order valence-corrected chi connectivity index (χ2v) is 8.87. The lowest BCUT2D eigenvalue weighted by Crippen LogP contribution is -2.51. The molecule has 1 saturated carbocycles. The number of allylic oxidation sites excluding steroid dienone is 1. The predicted molar refractivity (Wildman–Crippen MR) is 110 cm³/mol. The number of carbonyl (C=O) groups is 2. The van der Waals surface area contributed by atoms with Crippen LogP contribution in [0.5, 0.6) is 0 Å². The molecule has 3 aliphatic rings. The van der Waals surface area contributed by atoms with Crippen LogP contribution in [-0.2, 0) is 16.1 Å². The van der Waals surface area contributed by atoms with E-state index in [1.807, 2.05) is 27.8 Å². The Hall–Kier alpha value is -2.04. The molecule has 5 nitrogen and oxygen atoms in total. The number of hydrogen-bond acceptors (Lipinski definition) is 2. The van der Waals surface area contributed by atoms with Crippen LogP contribution in [0.15, 0.2) is 30.0 Å². The van der Waals surface area contributed by atoms with E-state index in [2.05, 4.69) is 18.3 Å². The highest BCUT2D eigenvalue weighted by atomic mass is 16.2. The van der Waals surface area contributed by atoms with Crippen LogP contribution in [0.2, 0.25) is 0 Å². The minimum absolute atomic E-state index is 0.00910. The molecule has 0 aromatic carbocycles. The van der Waals surface area contributed by atoms with E-state index in [4.69, 9.17) is 0 Å². The molecule has 2 amide bonds. The minimum Gasteiger partial charge on any atom is -0.351 e. The van der Waals surface area contributed by atoms with Crippen molar-refractivity contribution in [2.75, 3.05) is 6.54 Å². The summed E-state index contributed by atoms with van der Waals surface area (Å²) in [7, 11) is 0. The molecule has 2 aliphatic carbocycles. The summed E-state index contributed by atoms with van der Waals surface area (Å²) in [5, 5.41) is 3.27. The fourth-order valence-corrected chi connectivity index (χ4v) is 4.97. The van der Waals surface area contributed by atoms with Gasteiger partial charge in [-0.3, -0.25) is 9.59 Å². The van der Waals surface area contributed by atoms with Crippen molar-refractivity contribution < 1.29 is 9.59 Å². The number of hydrogen-bond donors (Lipinski definition) is 1. The highest BCUT2D eigenvalue weighted by Gasteiger charge is 2.38. The van der Waals surface area contributed by atoms with Gasteiger partial charge in [0.1, 0.15) is 6.54 Å². The molecule has 4 rings (SSSR count). The van der Waals surface area contributed by atoms with E-state index >= 15 is 0 Å². The Balaban J connectivity index is 1.49. The van der Waals surface area contributed by atoms with Crippen LogP contribution in [0.1, 0.15) is 76.4 Å². The van der Waals surface area contributed by atoms with E-state index in [-0.39, 0.29) is 17.9 Å². The summed E-state index contributed by atoms with van der Waals surface area (Å²) >= 11 is 0. The van der Waals surface area contributed by atoms with Gasteiger partial charge in [0.2, 0.25) is 11.8 Å². The molecule has 0 bridgehead atoms. The Kier molecular flexibility index (Phi) is 5.88. The Morgan fingerprint density at radius 3 is 2.79 bits per heavy atom. The van der Waals surface area contributed by atoms with Gasteiger partial charge in [0.25, 0.3) is 0 Å². The molecular weight excluding hydrogens is 350 g/mol. The first-order valence-electron chi connectivity index (χ1n) is 11.0. The molecule has 1 aromatic rings. The Bertz CT molecular complexity index is 743. The van der Waals surface area contributed by atoms with Gasteiger partial charge >= 0.3 is 0 Å². The third-order valence-corrected chi connectivity index (χ3v) is 6.75. The van der Waals surface area contributed by atoms with Crippen LogP contribution in [-0.4, -0.2) is 33.9 Å². The summed E-state index contributed by atoms with van der Waals surface area (Å²) in [4.78, 5) is 28.0. The number of amides is 2. The third kappa shape index (κ3) is 4.18. The van der Waals surface area contributed by atoms with Crippen LogP contribution in [0.25, 0.3) is 0 Å². The van der Waals surface area contributed by atoms with Crippen molar-refractivity contribution in [2.45, 2.75) is 83.3 Å². The van der Waals surface area contributed by atoms with Crippen LogP contribution in [0, 0.1) is 5.92 Å². The van der Waals surface area contributed by atoms with Crippen molar-refractivity contribution >= 4 is 11.8 Å². The van der Waals surface area contributed by atoms with Crippen LogP contribution in [0.3, 0.4) is 0 Å². The topological polar surface area (TPSA) is 54.3 Å². The Morgan fingerprint density at radius 1 is 1.21 bits per heavy atom. The van der Waals surface area contributed by atoms with Gasteiger partial charge in [-0.1, -0.05) is 18.6 Å². The van der Waals surface area contributed by atoms with Crippen LogP contribution in [0.4, 0.5) is 0 Å². The van der Waals surface area contributed by atoms with Gasteiger partial charge in [-0.2, -0.15) is 0 Å². The number of nitrogens with one attached hydrogen (secondary N) is 1. The quantitative estimate of drug-likeness (QED) is 0.783. The highest BCUT2D eigenvalue weighted by molar-refractivity contribution is 5.90. The zero-order valence-electron chi connectivity index (χ0n) is 17.0. The van der Waals surface area contributed by atoms with Crippen molar-refractivity contribution in [3.8, 4) is 0 Å². The molecule has 1 atom stereocenters. The molecule has 0 saturated heterocycles. The molecule has 0 unspecified atom stereocenters. The molecule has 1 aromatic heterocycles. The largest absolute Gasteiger partial charge is 0.351 e. The lowest BCUT2D eigenvalue weighted by Gasteiger charge is -2.37. The summed E-state index contributed by atoms with van der Waals surface area (Å²) in [6.07, 6.45) is 14.4. The van der Waals surface area contributed by atoms with Gasteiger partial charge in [-0.25, -0.2) is 0 Å². The molecule has 5 heteroatoms. The standard InChI is InChI=1S/C23H33N3O2/c1-17-9-11-19(12-10-17)24-23(28)22-20-8-5-14-25(20)16-21(27)26(22)15-13-18-6-3-2-4-7-18/h5-6,8,14,17,19,22H,2-4,7,9-13,15-16H2,1H3,(H,24,28)/t17?,19?,22-/m0/s1. The van der Waals surface area contributed by atoms with Crippen molar-refractivity contribution in [3.05, 3.63) is 35.7 Å². The molecule has 0 spiro atoms. The van der Waals surface area contributed by atoms with E-state index in [1.165, 1.54) is 31.3 Å². The molecule has 0 radical (unpaired) electrons. The zero-order valence-corrected chi connectivity index (χ0v) is 17.0. The fraction of sp³-hybridized carbons (Fsp3) is 0.652. The molecule has 2 heterocycles. The zero-order chi connectivity index (χ0) is 19.5. The van der Waals surface area contributed by atoms with Crippen LogP contribution < -0.4 is 5.32 Å². The normalized spacial score (nSPS) is 27.9.